The van der Waals surface area contributed by atoms with Crippen molar-refractivity contribution in [2.24, 2.45) is 0 Å². The molecule has 3 amide bonds. The summed E-state index contributed by atoms with van der Waals surface area (Å²) >= 11 is 0. The monoisotopic (exact) mass is 393 g/mol. The van der Waals surface area contributed by atoms with Crippen molar-refractivity contribution in [1.29, 1.82) is 0 Å². The van der Waals surface area contributed by atoms with Crippen LogP contribution in [-0.4, -0.2) is 42.3 Å². The maximum atomic E-state index is 12.6. The molecule has 0 bridgehead atoms. The summed E-state index contributed by atoms with van der Waals surface area (Å²) in [6.07, 6.45) is 2.44. The van der Waals surface area contributed by atoms with E-state index in [2.05, 4.69) is 10.6 Å². The van der Waals surface area contributed by atoms with Crippen molar-refractivity contribution in [2.45, 2.75) is 31.7 Å². The number of hydrogen-bond acceptors (Lipinski definition) is 3. The molecule has 1 aliphatic rings. The Hall–Kier alpha value is -3.15. The molecule has 2 N–H and O–H groups in total. The van der Waals surface area contributed by atoms with Crippen LogP contribution in [0.5, 0.6) is 0 Å². The van der Waals surface area contributed by atoms with Crippen LogP contribution in [0.1, 0.15) is 47.6 Å². The van der Waals surface area contributed by atoms with Crippen LogP contribution in [0.4, 0.5) is 0 Å². The van der Waals surface area contributed by atoms with Gasteiger partial charge in [0.2, 0.25) is 11.8 Å². The second-order valence-electron chi connectivity index (χ2n) is 7.19. The lowest BCUT2D eigenvalue weighted by Crippen LogP contribution is -2.35. The first kappa shape index (κ1) is 20.6. The molecule has 0 saturated carbocycles. The molecule has 0 spiro atoms. The second-order valence-corrected chi connectivity index (χ2v) is 7.19. The van der Waals surface area contributed by atoms with Crippen LogP contribution >= 0.6 is 0 Å². The highest BCUT2D eigenvalue weighted by molar-refractivity contribution is 5.94. The van der Waals surface area contributed by atoms with E-state index in [0.29, 0.717) is 25.1 Å². The van der Waals surface area contributed by atoms with Crippen LogP contribution in [0.25, 0.3) is 0 Å². The number of nitrogens with zero attached hydrogens (tertiary/aromatic N) is 1. The van der Waals surface area contributed by atoms with Crippen LogP contribution in [0.2, 0.25) is 0 Å². The van der Waals surface area contributed by atoms with Crippen LogP contribution in [-0.2, 0) is 9.59 Å². The first-order chi connectivity index (χ1) is 14.1. The van der Waals surface area contributed by atoms with Gasteiger partial charge in [-0.25, -0.2) is 0 Å². The Bertz CT molecular complexity index is 824. The number of benzene rings is 2. The molecule has 0 radical (unpaired) electrons. The Balaban J connectivity index is 1.53. The van der Waals surface area contributed by atoms with Crippen molar-refractivity contribution in [1.82, 2.24) is 15.5 Å². The van der Waals surface area contributed by atoms with Gasteiger partial charge in [0.25, 0.3) is 5.91 Å². The van der Waals surface area contributed by atoms with Gasteiger partial charge in [-0.2, -0.15) is 0 Å². The van der Waals surface area contributed by atoms with E-state index in [1.807, 2.05) is 53.4 Å². The van der Waals surface area contributed by atoms with Crippen LogP contribution in [0, 0.1) is 0 Å². The number of hydrogen-bond donors (Lipinski definition) is 2. The maximum Gasteiger partial charge on any atom is 0.251 e. The molecule has 29 heavy (non-hydrogen) atoms. The van der Waals surface area contributed by atoms with E-state index < -0.39 is 6.04 Å². The molecule has 1 fully saturated rings. The fourth-order valence-corrected chi connectivity index (χ4v) is 3.46. The third kappa shape index (κ3) is 6.17. The summed E-state index contributed by atoms with van der Waals surface area (Å²) in [6, 6.07) is 18.1. The second kappa shape index (κ2) is 10.4. The van der Waals surface area contributed by atoms with Crippen LogP contribution in [0.3, 0.4) is 0 Å². The van der Waals surface area contributed by atoms with Gasteiger partial charge in [-0.1, -0.05) is 48.5 Å². The standard InChI is InChI=1S/C23H27N3O3/c27-21(24-14-8-16-26-15-7-13-22(26)28)17-20(18-9-3-1-4-10-18)25-23(29)19-11-5-2-6-12-19/h1-6,9-12,20H,7-8,13-17H2,(H,24,27)(H,25,29). The highest BCUT2D eigenvalue weighted by Gasteiger charge is 2.20. The Morgan fingerprint density at radius 3 is 2.34 bits per heavy atom. The maximum absolute atomic E-state index is 12.6. The molecule has 152 valence electrons. The number of carbonyl (C=O) groups excluding carboxylic acids is 3. The van der Waals surface area contributed by atoms with Crippen LogP contribution in [0.15, 0.2) is 60.7 Å². The van der Waals surface area contributed by atoms with Gasteiger partial charge in [-0.3, -0.25) is 14.4 Å². The van der Waals surface area contributed by atoms with E-state index in [-0.39, 0.29) is 24.1 Å². The molecule has 1 saturated heterocycles. The fraction of sp³-hybridized carbons (Fsp3) is 0.348. The molecule has 6 nitrogen and oxygen atoms in total. The molecule has 0 aromatic heterocycles. The number of carbonyl (C=O) groups is 3. The van der Waals surface area contributed by atoms with Gasteiger partial charge in [0.1, 0.15) is 0 Å². The highest BCUT2D eigenvalue weighted by Crippen LogP contribution is 2.17. The predicted octanol–water partition coefficient (Wildman–Crippen LogP) is 2.68. The molecular formula is C23H27N3O3. The zero-order valence-corrected chi connectivity index (χ0v) is 16.5. The average molecular weight is 393 g/mol. The van der Waals surface area contributed by atoms with Crippen molar-refractivity contribution in [3.8, 4) is 0 Å². The molecule has 3 rings (SSSR count). The Morgan fingerprint density at radius 1 is 1.00 bits per heavy atom. The normalized spacial score (nSPS) is 14.5. The predicted molar refractivity (Wildman–Crippen MR) is 111 cm³/mol. The summed E-state index contributed by atoms with van der Waals surface area (Å²) in [5, 5.41) is 5.88. The van der Waals surface area contributed by atoms with Crippen molar-refractivity contribution in [3.05, 3.63) is 71.8 Å². The van der Waals surface area contributed by atoms with Gasteiger partial charge < -0.3 is 15.5 Å². The summed E-state index contributed by atoms with van der Waals surface area (Å²) < 4.78 is 0. The third-order valence-electron chi connectivity index (χ3n) is 5.03. The summed E-state index contributed by atoms with van der Waals surface area (Å²) in [4.78, 5) is 38.5. The topological polar surface area (TPSA) is 78.5 Å². The number of nitrogens with one attached hydrogen (secondary N) is 2. The Labute approximate surface area is 171 Å². The minimum absolute atomic E-state index is 0.125. The minimum atomic E-state index is -0.413. The lowest BCUT2D eigenvalue weighted by Gasteiger charge is -2.20. The van der Waals surface area contributed by atoms with Crippen molar-refractivity contribution in [2.75, 3.05) is 19.6 Å². The summed E-state index contributed by atoms with van der Waals surface area (Å²) in [6.45, 7) is 2.00. The highest BCUT2D eigenvalue weighted by atomic mass is 16.2. The molecule has 6 heteroatoms. The molecule has 0 aliphatic carbocycles. The zero-order valence-electron chi connectivity index (χ0n) is 16.5. The van der Waals surface area contributed by atoms with E-state index in [9.17, 15) is 14.4 Å². The molecule has 2 aromatic carbocycles. The summed E-state index contributed by atoms with van der Waals surface area (Å²) in [7, 11) is 0. The number of amides is 3. The van der Waals surface area contributed by atoms with Crippen molar-refractivity contribution in [3.63, 3.8) is 0 Å². The lowest BCUT2D eigenvalue weighted by atomic mass is 10.0. The SMILES string of the molecule is O=C(CC(NC(=O)c1ccccc1)c1ccccc1)NCCCN1CCCC1=O. The minimum Gasteiger partial charge on any atom is -0.356 e. The van der Waals surface area contributed by atoms with Gasteiger partial charge in [0.05, 0.1) is 12.5 Å². The first-order valence-electron chi connectivity index (χ1n) is 10.1. The average Bonchev–Trinajstić information content (AvgIpc) is 3.16. The van der Waals surface area contributed by atoms with Gasteiger partial charge in [-0.05, 0) is 30.5 Å². The van der Waals surface area contributed by atoms with Gasteiger partial charge in [0.15, 0.2) is 0 Å². The zero-order chi connectivity index (χ0) is 20.5. The summed E-state index contributed by atoms with van der Waals surface area (Å²) in [5.74, 6) is -0.135. The van der Waals surface area contributed by atoms with Gasteiger partial charge in [-0.15, -0.1) is 0 Å². The van der Waals surface area contributed by atoms with Crippen molar-refractivity contribution < 1.29 is 14.4 Å². The lowest BCUT2D eigenvalue weighted by molar-refractivity contribution is -0.127. The quantitative estimate of drug-likeness (QED) is 0.643. The van der Waals surface area contributed by atoms with Crippen molar-refractivity contribution >= 4 is 17.7 Å². The first-order valence-corrected chi connectivity index (χ1v) is 10.1. The molecule has 1 heterocycles. The molecule has 2 aromatic rings. The van der Waals surface area contributed by atoms with E-state index >= 15 is 0 Å². The molecule has 1 unspecified atom stereocenters. The third-order valence-corrected chi connectivity index (χ3v) is 5.03. The van der Waals surface area contributed by atoms with Crippen LogP contribution < -0.4 is 10.6 Å². The Morgan fingerprint density at radius 2 is 1.69 bits per heavy atom. The van der Waals surface area contributed by atoms with E-state index in [1.54, 1.807) is 12.1 Å². The number of rotatable bonds is 9. The van der Waals surface area contributed by atoms with E-state index in [1.165, 1.54) is 0 Å². The number of likely N-dealkylation sites (tertiary alicyclic amines) is 1. The van der Waals surface area contributed by atoms with E-state index in [4.69, 9.17) is 0 Å². The smallest absolute Gasteiger partial charge is 0.251 e. The van der Waals surface area contributed by atoms with Gasteiger partial charge in [0, 0.05) is 31.6 Å². The fourth-order valence-electron chi connectivity index (χ4n) is 3.46. The van der Waals surface area contributed by atoms with Gasteiger partial charge >= 0.3 is 0 Å². The molecule has 1 aliphatic heterocycles. The molecule has 1 atom stereocenters. The largest absolute Gasteiger partial charge is 0.356 e. The summed E-state index contributed by atoms with van der Waals surface area (Å²) in [5.41, 5.74) is 1.44. The van der Waals surface area contributed by atoms with E-state index in [0.717, 1.165) is 24.9 Å². The molecular weight excluding hydrogens is 366 g/mol. The Kier molecular flexibility index (Phi) is 7.39.